The van der Waals surface area contributed by atoms with E-state index in [9.17, 15) is 0 Å². The van der Waals surface area contributed by atoms with Crippen LogP contribution in [0.4, 0.5) is 5.69 Å². The molecule has 0 spiro atoms. The third kappa shape index (κ3) is 2.84. The molecule has 0 saturated carbocycles. The maximum absolute atomic E-state index is 5.76. The minimum Gasteiger partial charge on any atom is -0.365 e. The highest BCUT2D eigenvalue weighted by Gasteiger charge is 2.09. The topological polar surface area (TPSA) is 42.2 Å². The van der Waals surface area contributed by atoms with Gasteiger partial charge in [0, 0.05) is 24.2 Å². The maximum atomic E-state index is 5.76. The van der Waals surface area contributed by atoms with Crippen LogP contribution < -0.4 is 10.6 Å². The van der Waals surface area contributed by atoms with E-state index in [0.29, 0.717) is 6.54 Å². The fourth-order valence-electron chi connectivity index (χ4n) is 1.83. The van der Waals surface area contributed by atoms with Crippen molar-refractivity contribution >= 4 is 17.0 Å². The van der Waals surface area contributed by atoms with Gasteiger partial charge in [0.05, 0.1) is 18.4 Å². The van der Waals surface area contributed by atoms with Crippen molar-refractivity contribution in [1.29, 1.82) is 0 Å². The quantitative estimate of drug-likeness (QED) is 0.883. The third-order valence-corrected chi connectivity index (χ3v) is 3.62. The Balaban J connectivity index is 2.22. The summed E-state index contributed by atoms with van der Waals surface area (Å²) < 4.78 is 0. The van der Waals surface area contributed by atoms with Crippen LogP contribution >= 0.6 is 11.3 Å². The summed E-state index contributed by atoms with van der Waals surface area (Å²) in [6.07, 6.45) is 3.70. The Labute approximate surface area is 106 Å². The predicted molar refractivity (Wildman–Crippen MR) is 73.2 cm³/mol. The lowest BCUT2D eigenvalue weighted by atomic mass is 10.2. The molecule has 2 aromatic heterocycles. The second kappa shape index (κ2) is 5.80. The number of pyridine rings is 1. The Morgan fingerprint density at radius 1 is 1.41 bits per heavy atom. The molecule has 0 atom stereocenters. The van der Waals surface area contributed by atoms with Gasteiger partial charge in [-0.1, -0.05) is 6.07 Å². The van der Waals surface area contributed by atoms with Crippen molar-refractivity contribution in [2.24, 2.45) is 5.73 Å². The second-order valence-corrected chi connectivity index (χ2v) is 4.83. The zero-order valence-electron chi connectivity index (χ0n) is 9.97. The lowest BCUT2D eigenvalue weighted by Gasteiger charge is -2.24. The molecule has 0 radical (unpaired) electrons. The van der Waals surface area contributed by atoms with Crippen molar-refractivity contribution in [1.82, 2.24) is 4.98 Å². The van der Waals surface area contributed by atoms with E-state index < -0.39 is 0 Å². The van der Waals surface area contributed by atoms with Gasteiger partial charge in [-0.2, -0.15) is 0 Å². The first kappa shape index (κ1) is 12.1. The van der Waals surface area contributed by atoms with Gasteiger partial charge in [0.25, 0.3) is 0 Å². The van der Waals surface area contributed by atoms with E-state index in [4.69, 9.17) is 5.73 Å². The molecule has 0 aliphatic carbocycles. The average Bonchev–Trinajstić information content (AvgIpc) is 2.89. The zero-order valence-corrected chi connectivity index (χ0v) is 10.8. The van der Waals surface area contributed by atoms with E-state index >= 15 is 0 Å². The summed E-state index contributed by atoms with van der Waals surface area (Å²) in [5, 5.41) is 2.11. The van der Waals surface area contributed by atoms with Crippen molar-refractivity contribution in [3.05, 3.63) is 46.4 Å². The Bertz CT molecular complexity index is 453. The fraction of sp³-hybridized carbons (Fsp3) is 0.308. The number of thiophene rings is 1. The third-order valence-electron chi connectivity index (χ3n) is 2.76. The molecule has 0 saturated heterocycles. The number of nitrogens with two attached hydrogens (primary N) is 1. The lowest BCUT2D eigenvalue weighted by Crippen LogP contribution is -2.23. The van der Waals surface area contributed by atoms with Gasteiger partial charge in [0.15, 0.2) is 0 Å². The fourth-order valence-corrected chi connectivity index (χ4v) is 2.55. The standard InChI is InChI=1S/C13H17N3S/c1-2-16(10-12-4-3-7-17-12)13-9-15-6-5-11(13)8-14/h3-7,9H,2,8,10,14H2,1H3. The van der Waals surface area contributed by atoms with Crippen LogP contribution in [0.25, 0.3) is 0 Å². The SMILES string of the molecule is CCN(Cc1cccs1)c1cnccc1CN. The smallest absolute Gasteiger partial charge is 0.0601 e. The van der Waals surface area contributed by atoms with Gasteiger partial charge in [0.2, 0.25) is 0 Å². The van der Waals surface area contributed by atoms with Crippen LogP contribution in [0.5, 0.6) is 0 Å². The van der Waals surface area contributed by atoms with Crippen LogP contribution in [-0.4, -0.2) is 11.5 Å². The van der Waals surface area contributed by atoms with Gasteiger partial charge in [-0.15, -0.1) is 11.3 Å². The molecule has 0 aliphatic heterocycles. The molecule has 3 nitrogen and oxygen atoms in total. The number of hydrogen-bond acceptors (Lipinski definition) is 4. The highest BCUT2D eigenvalue weighted by molar-refractivity contribution is 7.09. The molecule has 2 rings (SSSR count). The highest BCUT2D eigenvalue weighted by Crippen LogP contribution is 2.22. The molecule has 2 aromatic rings. The number of aromatic nitrogens is 1. The number of nitrogens with zero attached hydrogens (tertiary/aromatic N) is 2. The molecule has 0 bridgehead atoms. The molecule has 90 valence electrons. The molecule has 0 aromatic carbocycles. The minimum absolute atomic E-state index is 0.554. The van der Waals surface area contributed by atoms with E-state index in [-0.39, 0.29) is 0 Å². The van der Waals surface area contributed by atoms with Gasteiger partial charge < -0.3 is 10.6 Å². The van der Waals surface area contributed by atoms with Gasteiger partial charge in [-0.3, -0.25) is 4.98 Å². The summed E-state index contributed by atoms with van der Waals surface area (Å²) in [5.74, 6) is 0. The van der Waals surface area contributed by atoms with Crippen LogP contribution in [0.3, 0.4) is 0 Å². The molecule has 0 aliphatic rings. The van der Waals surface area contributed by atoms with Crippen molar-refractivity contribution in [2.75, 3.05) is 11.4 Å². The molecular weight excluding hydrogens is 230 g/mol. The van der Waals surface area contributed by atoms with E-state index in [1.165, 1.54) is 4.88 Å². The van der Waals surface area contributed by atoms with Crippen molar-refractivity contribution in [2.45, 2.75) is 20.0 Å². The van der Waals surface area contributed by atoms with Gasteiger partial charge in [0.1, 0.15) is 0 Å². The predicted octanol–water partition coefficient (Wildman–Crippen LogP) is 2.63. The minimum atomic E-state index is 0.554. The number of hydrogen-bond donors (Lipinski definition) is 1. The molecule has 17 heavy (non-hydrogen) atoms. The van der Waals surface area contributed by atoms with Crippen LogP contribution in [0.2, 0.25) is 0 Å². The molecule has 0 fully saturated rings. The van der Waals surface area contributed by atoms with Crippen LogP contribution in [0.1, 0.15) is 17.4 Å². The van der Waals surface area contributed by atoms with Gasteiger partial charge >= 0.3 is 0 Å². The first-order valence-electron chi connectivity index (χ1n) is 5.75. The zero-order chi connectivity index (χ0) is 12.1. The average molecular weight is 247 g/mol. The molecule has 0 amide bonds. The van der Waals surface area contributed by atoms with E-state index in [2.05, 4.69) is 34.3 Å². The lowest BCUT2D eigenvalue weighted by molar-refractivity contribution is 0.827. The largest absolute Gasteiger partial charge is 0.365 e. The first-order valence-corrected chi connectivity index (χ1v) is 6.63. The summed E-state index contributed by atoms with van der Waals surface area (Å²) in [6.45, 7) is 4.59. The van der Waals surface area contributed by atoms with Gasteiger partial charge in [-0.25, -0.2) is 0 Å². The van der Waals surface area contributed by atoms with Crippen LogP contribution in [-0.2, 0) is 13.1 Å². The molecule has 2 N–H and O–H groups in total. The van der Waals surface area contributed by atoms with Crippen molar-refractivity contribution in [3.8, 4) is 0 Å². The molecule has 2 heterocycles. The van der Waals surface area contributed by atoms with Gasteiger partial charge in [-0.05, 0) is 30.0 Å². The van der Waals surface area contributed by atoms with Crippen molar-refractivity contribution < 1.29 is 0 Å². The van der Waals surface area contributed by atoms with Crippen LogP contribution in [0, 0.1) is 0 Å². The normalized spacial score (nSPS) is 10.5. The maximum Gasteiger partial charge on any atom is 0.0601 e. The Kier molecular flexibility index (Phi) is 4.12. The van der Waals surface area contributed by atoms with E-state index in [0.717, 1.165) is 24.3 Å². The van der Waals surface area contributed by atoms with E-state index in [1.54, 1.807) is 17.5 Å². The Morgan fingerprint density at radius 2 is 2.29 bits per heavy atom. The highest BCUT2D eigenvalue weighted by atomic mass is 32.1. The summed E-state index contributed by atoms with van der Waals surface area (Å²) >= 11 is 1.78. The summed E-state index contributed by atoms with van der Waals surface area (Å²) in [4.78, 5) is 7.86. The van der Waals surface area contributed by atoms with Crippen molar-refractivity contribution in [3.63, 3.8) is 0 Å². The second-order valence-electron chi connectivity index (χ2n) is 3.80. The summed E-state index contributed by atoms with van der Waals surface area (Å²) in [7, 11) is 0. The summed E-state index contributed by atoms with van der Waals surface area (Å²) in [6, 6.07) is 6.24. The monoisotopic (exact) mass is 247 g/mol. The summed E-state index contributed by atoms with van der Waals surface area (Å²) in [5.41, 5.74) is 8.06. The van der Waals surface area contributed by atoms with E-state index in [1.807, 2.05) is 12.3 Å². The number of anilines is 1. The molecule has 0 unspecified atom stereocenters. The Hall–Kier alpha value is -1.39. The molecule has 4 heteroatoms. The van der Waals surface area contributed by atoms with Crippen LogP contribution in [0.15, 0.2) is 36.0 Å². The Morgan fingerprint density at radius 3 is 2.94 bits per heavy atom. The number of rotatable bonds is 5. The first-order chi connectivity index (χ1) is 8.35. The molecular formula is C13H17N3S.